The molecule has 0 aliphatic carbocycles. The first-order valence-electron chi connectivity index (χ1n) is 4.45. The van der Waals surface area contributed by atoms with Crippen molar-refractivity contribution in [1.29, 1.82) is 0 Å². The first-order chi connectivity index (χ1) is 8.06. The van der Waals surface area contributed by atoms with Gasteiger partial charge in [0.15, 0.2) is 17.5 Å². The molecule has 0 amide bonds. The van der Waals surface area contributed by atoms with Crippen LogP contribution in [-0.2, 0) is 0 Å². The van der Waals surface area contributed by atoms with Crippen LogP contribution in [-0.4, -0.2) is 9.97 Å². The fraction of sp³-hybridized carbons (Fsp3) is 0. The number of aromatic nitrogens is 2. The van der Waals surface area contributed by atoms with Gasteiger partial charge in [0, 0.05) is 4.47 Å². The molecule has 0 bridgehead atoms. The van der Waals surface area contributed by atoms with Gasteiger partial charge in [-0.1, -0.05) is 27.5 Å². The van der Waals surface area contributed by atoms with Gasteiger partial charge in [-0.05, 0) is 12.1 Å². The van der Waals surface area contributed by atoms with Gasteiger partial charge in [-0.25, -0.2) is 13.8 Å². The molecule has 7 heteroatoms. The summed E-state index contributed by atoms with van der Waals surface area (Å²) in [6, 6.07) is 2.28. The summed E-state index contributed by atoms with van der Waals surface area (Å²) < 4.78 is 27.3. The molecule has 1 aromatic heterocycles. The van der Waals surface area contributed by atoms with Gasteiger partial charge in [0.1, 0.15) is 10.8 Å². The normalized spacial score (nSPS) is 10.4. The van der Waals surface area contributed by atoms with Gasteiger partial charge in [-0.2, -0.15) is 0 Å². The second kappa shape index (κ2) is 4.93. The Morgan fingerprint density at radius 3 is 2.41 bits per heavy atom. The zero-order valence-corrected chi connectivity index (χ0v) is 10.6. The second-order valence-electron chi connectivity index (χ2n) is 3.10. The highest BCUT2D eigenvalue weighted by molar-refractivity contribution is 9.10. The molecule has 1 heterocycles. The minimum absolute atomic E-state index is 0.132. The summed E-state index contributed by atoms with van der Waals surface area (Å²) >= 11 is 8.59. The summed E-state index contributed by atoms with van der Waals surface area (Å²) in [5.74, 6) is -1.31. The molecule has 0 aliphatic rings. The molecule has 1 N–H and O–H groups in total. The highest BCUT2D eigenvalue weighted by Gasteiger charge is 2.11. The van der Waals surface area contributed by atoms with Crippen LogP contribution in [0.2, 0.25) is 5.15 Å². The molecule has 0 fully saturated rings. The topological polar surface area (TPSA) is 37.8 Å². The number of hydrogen-bond acceptors (Lipinski definition) is 3. The number of nitrogens with one attached hydrogen (secondary N) is 1. The summed E-state index contributed by atoms with van der Waals surface area (Å²) in [6.07, 6.45) is 2.63. The maximum atomic E-state index is 13.5. The number of halogens is 4. The van der Waals surface area contributed by atoms with E-state index in [1.807, 2.05) is 0 Å². The van der Waals surface area contributed by atoms with Crippen molar-refractivity contribution in [2.75, 3.05) is 5.32 Å². The van der Waals surface area contributed by atoms with Crippen LogP contribution in [0.5, 0.6) is 0 Å². The van der Waals surface area contributed by atoms with E-state index in [0.717, 1.165) is 12.1 Å². The Labute approximate surface area is 109 Å². The summed E-state index contributed by atoms with van der Waals surface area (Å²) in [4.78, 5) is 7.57. The van der Waals surface area contributed by atoms with Crippen molar-refractivity contribution in [3.63, 3.8) is 0 Å². The van der Waals surface area contributed by atoms with Crippen LogP contribution in [0.25, 0.3) is 0 Å². The van der Waals surface area contributed by atoms with Crippen LogP contribution >= 0.6 is 27.5 Å². The molecule has 2 aromatic rings. The van der Waals surface area contributed by atoms with Crippen molar-refractivity contribution < 1.29 is 8.78 Å². The molecule has 2 rings (SSSR count). The van der Waals surface area contributed by atoms with E-state index in [2.05, 4.69) is 31.2 Å². The average Bonchev–Trinajstić information content (AvgIpc) is 2.23. The van der Waals surface area contributed by atoms with Crippen molar-refractivity contribution in [3.05, 3.63) is 45.8 Å². The van der Waals surface area contributed by atoms with Gasteiger partial charge in [-0.3, -0.25) is 4.98 Å². The van der Waals surface area contributed by atoms with Gasteiger partial charge in [-0.15, -0.1) is 0 Å². The highest BCUT2D eigenvalue weighted by atomic mass is 79.9. The third-order valence-electron chi connectivity index (χ3n) is 1.87. The van der Waals surface area contributed by atoms with E-state index < -0.39 is 11.6 Å². The third-order valence-corrected chi connectivity index (χ3v) is 2.51. The molecular weight excluding hydrogens is 315 g/mol. The number of nitrogens with zero attached hydrogens (tertiary/aromatic N) is 2. The van der Waals surface area contributed by atoms with Crippen molar-refractivity contribution in [1.82, 2.24) is 9.97 Å². The molecule has 0 atom stereocenters. The smallest absolute Gasteiger partial charge is 0.150 e. The standard InChI is InChI=1S/C10H5BrClF2N3/c11-5-1-6(13)10(7(14)2-5)17-9-4-15-3-8(12)16-9/h1-4H,(H,16,17). The maximum Gasteiger partial charge on any atom is 0.150 e. The summed E-state index contributed by atoms with van der Waals surface area (Å²) in [7, 11) is 0. The molecule has 0 aliphatic heterocycles. The second-order valence-corrected chi connectivity index (χ2v) is 4.40. The predicted molar refractivity (Wildman–Crippen MR) is 64.4 cm³/mol. The monoisotopic (exact) mass is 319 g/mol. The zero-order chi connectivity index (χ0) is 12.4. The zero-order valence-electron chi connectivity index (χ0n) is 8.22. The quantitative estimate of drug-likeness (QED) is 0.911. The lowest BCUT2D eigenvalue weighted by Gasteiger charge is -2.08. The highest BCUT2D eigenvalue weighted by Crippen LogP contribution is 2.26. The SMILES string of the molecule is Fc1cc(Br)cc(F)c1Nc1cncc(Cl)n1. The fourth-order valence-corrected chi connectivity index (χ4v) is 1.74. The van der Waals surface area contributed by atoms with Gasteiger partial charge >= 0.3 is 0 Å². The van der Waals surface area contributed by atoms with Crippen molar-refractivity contribution >= 4 is 39.0 Å². The predicted octanol–water partition coefficient (Wildman–Crippen LogP) is 3.91. The van der Waals surface area contributed by atoms with Crippen LogP contribution in [0, 0.1) is 11.6 Å². The Bertz CT molecular complexity index is 542. The Kier molecular flexibility index (Phi) is 3.54. The van der Waals surface area contributed by atoms with E-state index in [0.29, 0.717) is 4.47 Å². The lowest BCUT2D eigenvalue weighted by atomic mass is 10.3. The van der Waals surface area contributed by atoms with Crippen LogP contribution in [0.15, 0.2) is 29.0 Å². The minimum Gasteiger partial charge on any atom is -0.334 e. The van der Waals surface area contributed by atoms with E-state index in [4.69, 9.17) is 11.6 Å². The lowest BCUT2D eigenvalue weighted by Crippen LogP contribution is -2.00. The fourth-order valence-electron chi connectivity index (χ4n) is 1.19. The molecule has 88 valence electrons. The lowest BCUT2D eigenvalue weighted by molar-refractivity contribution is 0.589. The van der Waals surface area contributed by atoms with E-state index in [-0.39, 0.29) is 16.7 Å². The average molecular weight is 321 g/mol. The maximum absolute atomic E-state index is 13.5. The first kappa shape index (κ1) is 12.2. The molecule has 17 heavy (non-hydrogen) atoms. The molecule has 0 radical (unpaired) electrons. The molecule has 0 saturated heterocycles. The van der Waals surface area contributed by atoms with Crippen LogP contribution in [0.3, 0.4) is 0 Å². The summed E-state index contributed by atoms with van der Waals surface area (Å²) in [6.45, 7) is 0. The number of benzene rings is 1. The Hall–Kier alpha value is -1.27. The third kappa shape index (κ3) is 2.89. The van der Waals surface area contributed by atoms with Gasteiger partial charge in [0.2, 0.25) is 0 Å². The summed E-state index contributed by atoms with van der Waals surface area (Å²) in [5, 5.41) is 2.61. The number of rotatable bonds is 2. The van der Waals surface area contributed by atoms with Crippen LogP contribution in [0.1, 0.15) is 0 Å². The van der Waals surface area contributed by atoms with E-state index >= 15 is 0 Å². The molecule has 0 spiro atoms. The number of hydrogen-bond donors (Lipinski definition) is 1. The van der Waals surface area contributed by atoms with Crippen LogP contribution < -0.4 is 5.32 Å². The van der Waals surface area contributed by atoms with E-state index in [9.17, 15) is 8.78 Å². The molecular formula is C10H5BrClF2N3. The van der Waals surface area contributed by atoms with Gasteiger partial charge < -0.3 is 5.32 Å². The van der Waals surface area contributed by atoms with Gasteiger partial charge in [0.05, 0.1) is 12.4 Å². The molecule has 1 aromatic carbocycles. The van der Waals surface area contributed by atoms with Crippen molar-refractivity contribution in [2.24, 2.45) is 0 Å². The van der Waals surface area contributed by atoms with Crippen molar-refractivity contribution in [2.45, 2.75) is 0 Å². The van der Waals surface area contributed by atoms with Crippen LogP contribution in [0.4, 0.5) is 20.3 Å². The Morgan fingerprint density at radius 2 is 1.82 bits per heavy atom. The van der Waals surface area contributed by atoms with Gasteiger partial charge in [0.25, 0.3) is 0 Å². The molecule has 0 unspecified atom stereocenters. The summed E-state index contributed by atoms with van der Waals surface area (Å²) in [5.41, 5.74) is -0.301. The van der Waals surface area contributed by atoms with E-state index in [1.54, 1.807) is 0 Å². The minimum atomic E-state index is -0.737. The Morgan fingerprint density at radius 1 is 1.18 bits per heavy atom. The van der Waals surface area contributed by atoms with Crippen molar-refractivity contribution in [3.8, 4) is 0 Å². The molecule has 3 nitrogen and oxygen atoms in total. The first-order valence-corrected chi connectivity index (χ1v) is 5.62. The Balaban J connectivity index is 2.36. The molecule has 0 saturated carbocycles. The largest absolute Gasteiger partial charge is 0.334 e. The van der Waals surface area contributed by atoms with E-state index in [1.165, 1.54) is 12.4 Å². The number of anilines is 2.